The summed E-state index contributed by atoms with van der Waals surface area (Å²) in [5, 5.41) is 12.3. The highest BCUT2D eigenvalue weighted by atomic mass is 32.2. The average Bonchev–Trinajstić information content (AvgIpc) is 2.45. The van der Waals surface area contributed by atoms with Crippen LogP contribution in [0.1, 0.15) is 10.4 Å². The number of para-hydroxylation sites is 1. The fraction of sp³-hybridized carbons (Fsp3) is 0.133. The summed E-state index contributed by atoms with van der Waals surface area (Å²) in [5.41, 5.74) is 0.312. The van der Waals surface area contributed by atoms with E-state index in [0.717, 1.165) is 5.75 Å². The Morgan fingerprint density at radius 1 is 1.05 bits per heavy atom. The fourth-order valence-corrected chi connectivity index (χ4v) is 2.40. The van der Waals surface area contributed by atoms with E-state index in [1.807, 2.05) is 30.3 Å². The van der Waals surface area contributed by atoms with Crippen molar-refractivity contribution in [1.29, 1.82) is 0 Å². The molecular weight excluding hydrogens is 258 g/mol. The van der Waals surface area contributed by atoms with E-state index in [0.29, 0.717) is 12.1 Å². The summed E-state index contributed by atoms with van der Waals surface area (Å²) in [6, 6.07) is 16.6. The van der Waals surface area contributed by atoms with Crippen molar-refractivity contribution in [2.24, 2.45) is 0 Å². The van der Waals surface area contributed by atoms with Gasteiger partial charge in [0.05, 0.1) is 5.56 Å². The van der Waals surface area contributed by atoms with Crippen molar-refractivity contribution in [1.82, 2.24) is 5.32 Å². The number of hydrogen-bond donors (Lipinski definition) is 2. The van der Waals surface area contributed by atoms with Crippen molar-refractivity contribution in [2.45, 2.75) is 4.90 Å². The molecule has 0 aliphatic heterocycles. The zero-order valence-electron chi connectivity index (χ0n) is 10.4. The van der Waals surface area contributed by atoms with E-state index in [-0.39, 0.29) is 11.7 Å². The van der Waals surface area contributed by atoms with E-state index in [9.17, 15) is 9.90 Å². The molecule has 0 saturated heterocycles. The van der Waals surface area contributed by atoms with Crippen LogP contribution in [0.25, 0.3) is 0 Å². The zero-order valence-corrected chi connectivity index (χ0v) is 11.2. The van der Waals surface area contributed by atoms with Gasteiger partial charge in [0.15, 0.2) is 0 Å². The molecule has 0 saturated carbocycles. The molecule has 19 heavy (non-hydrogen) atoms. The molecule has 0 atom stereocenters. The number of rotatable bonds is 5. The summed E-state index contributed by atoms with van der Waals surface area (Å²) in [6.07, 6.45) is 0. The van der Waals surface area contributed by atoms with Crippen LogP contribution in [0, 0.1) is 0 Å². The minimum atomic E-state index is -0.244. The van der Waals surface area contributed by atoms with Crippen LogP contribution in [-0.2, 0) is 0 Å². The molecule has 0 bridgehead atoms. The Morgan fingerprint density at radius 2 is 1.74 bits per heavy atom. The van der Waals surface area contributed by atoms with Crippen LogP contribution >= 0.6 is 11.8 Å². The van der Waals surface area contributed by atoms with Crippen LogP contribution in [0.3, 0.4) is 0 Å². The SMILES string of the molecule is O=C(NCCSc1ccccc1)c1ccccc1O. The van der Waals surface area contributed by atoms with E-state index >= 15 is 0 Å². The molecule has 0 heterocycles. The largest absolute Gasteiger partial charge is 0.507 e. The Kier molecular flexibility index (Phi) is 4.86. The van der Waals surface area contributed by atoms with Gasteiger partial charge in [0.2, 0.25) is 0 Å². The summed E-state index contributed by atoms with van der Waals surface area (Å²) in [7, 11) is 0. The smallest absolute Gasteiger partial charge is 0.255 e. The lowest BCUT2D eigenvalue weighted by Gasteiger charge is -2.06. The maximum atomic E-state index is 11.8. The Labute approximate surface area is 116 Å². The molecule has 0 aromatic heterocycles. The van der Waals surface area contributed by atoms with Gasteiger partial charge in [0.1, 0.15) is 5.75 Å². The molecule has 4 heteroatoms. The second kappa shape index (κ2) is 6.85. The van der Waals surface area contributed by atoms with Gasteiger partial charge in [0, 0.05) is 17.2 Å². The van der Waals surface area contributed by atoms with Crippen molar-refractivity contribution in [3.8, 4) is 5.75 Å². The first kappa shape index (κ1) is 13.5. The molecule has 0 spiro atoms. The average molecular weight is 273 g/mol. The molecule has 1 amide bonds. The second-order valence-corrected chi connectivity index (χ2v) is 5.10. The van der Waals surface area contributed by atoms with Crippen molar-refractivity contribution in [2.75, 3.05) is 12.3 Å². The first-order chi connectivity index (χ1) is 9.27. The number of aromatic hydroxyl groups is 1. The van der Waals surface area contributed by atoms with Crippen molar-refractivity contribution in [3.63, 3.8) is 0 Å². The molecule has 0 unspecified atom stereocenters. The normalized spacial score (nSPS) is 10.1. The van der Waals surface area contributed by atoms with Gasteiger partial charge >= 0.3 is 0 Å². The topological polar surface area (TPSA) is 49.3 Å². The maximum Gasteiger partial charge on any atom is 0.255 e. The molecule has 0 aliphatic rings. The highest BCUT2D eigenvalue weighted by molar-refractivity contribution is 7.99. The summed E-state index contributed by atoms with van der Waals surface area (Å²) < 4.78 is 0. The van der Waals surface area contributed by atoms with Gasteiger partial charge in [0.25, 0.3) is 5.91 Å². The van der Waals surface area contributed by atoms with E-state index in [2.05, 4.69) is 5.32 Å². The number of amides is 1. The summed E-state index contributed by atoms with van der Waals surface area (Å²) in [6.45, 7) is 0.562. The lowest BCUT2D eigenvalue weighted by molar-refractivity contribution is 0.0953. The Hall–Kier alpha value is -1.94. The first-order valence-electron chi connectivity index (χ1n) is 6.01. The number of benzene rings is 2. The van der Waals surface area contributed by atoms with Crippen LogP contribution in [0.5, 0.6) is 5.75 Å². The molecular formula is C15H15NO2S. The van der Waals surface area contributed by atoms with Gasteiger partial charge in [-0.25, -0.2) is 0 Å². The minimum Gasteiger partial charge on any atom is -0.507 e. The van der Waals surface area contributed by atoms with Crippen molar-refractivity contribution < 1.29 is 9.90 Å². The standard InChI is InChI=1S/C15H15NO2S/c17-14-9-5-4-8-13(14)15(18)16-10-11-19-12-6-2-1-3-7-12/h1-9,17H,10-11H2,(H,16,18). The van der Waals surface area contributed by atoms with E-state index < -0.39 is 0 Å². The Bertz CT molecular complexity index is 543. The molecule has 0 radical (unpaired) electrons. The van der Waals surface area contributed by atoms with Crippen LogP contribution in [0.2, 0.25) is 0 Å². The Balaban J connectivity index is 1.77. The minimum absolute atomic E-state index is 0.00992. The van der Waals surface area contributed by atoms with Gasteiger partial charge in [-0.3, -0.25) is 4.79 Å². The predicted octanol–water partition coefficient (Wildman–Crippen LogP) is 2.91. The third kappa shape index (κ3) is 4.03. The molecule has 2 aromatic carbocycles. The fourth-order valence-electron chi connectivity index (χ4n) is 1.61. The number of carbonyl (C=O) groups excluding carboxylic acids is 1. The highest BCUT2D eigenvalue weighted by Crippen LogP contribution is 2.17. The van der Waals surface area contributed by atoms with E-state index in [4.69, 9.17) is 0 Å². The van der Waals surface area contributed by atoms with Crippen LogP contribution in [-0.4, -0.2) is 23.3 Å². The van der Waals surface area contributed by atoms with Gasteiger partial charge in [-0.2, -0.15) is 0 Å². The van der Waals surface area contributed by atoms with E-state index in [1.54, 1.807) is 30.0 Å². The first-order valence-corrected chi connectivity index (χ1v) is 7.00. The number of carbonyl (C=O) groups is 1. The third-order valence-corrected chi connectivity index (χ3v) is 3.56. The van der Waals surface area contributed by atoms with Crippen LogP contribution in [0.15, 0.2) is 59.5 Å². The third-order valence-electron chi connectivity index (χ3n) is 2.55. The monoisotopic (exact) mass is 273 g/mol. The number of phenolic OH excluding ortho intramolecular Hbond substituents is 1. The van der Waals surface area contributed by atoms with Gasteiger partial charge in [-0.05, 0) is 24.3 Å². The molecule has 0 fully saturated rings. The zero-order chi connectivity index (χ0) is 13.5. The van der Waals surface area contributed by atoms with Crippen LogP contribution < -0.4 is 5.32 Å². The number of hydrogen-bond acceptors (Lipinski definition) is 3. The second-order valence-electron chi connectivity index (χ2n) is 3.93. The maximum absolute atomic E-state index is 11.8. The lowest BCUT2D eigenvalue weighted by Crippen LogP contribution is -2.25. The number of nitrogens with one attached hydrogen (secondary N) is 1. The number of phenols is 1. The van der Waals surface area contributed by atoms with Gasteiger partial charge < -0.3 is 10.4 Å². The lowest BCUT2D eigenvalue weighted by atomic mass is 10.2. The molecule has 3 nitrogen and oxygen atoms in total. The molecule has 2 aromatic rings. The van der Waals surface area contributed by atoms with Crippen molar-refractivity contribution >= 4 is 17.7 Å². The van der Waals surface area contributed by atoms with Crippen molar-refractivity contribution in [3.05, 3.63) is 60.2 Å². The summed E-state index contributed by atoms with van der Waals surface area (Å²) in [5.74, 6) is 0.561. The summed E-state index contributed by atoms with van der Waals surface area (Å²) >= 11 is 1.68. The predicted molar refractivity (Wildman–Crippen MR) is 77.6 cm³/mol. The van der Waals surface area contributed by atoms with E-state index in [1.165, 1.54) is 11.0 Å². The van der Waals surface area contributed by atoms with Gasteiger partial charge in [-0.15, -0.1) is 11.8 Å². The Morgan fingerprint density at radius 3 is 2.47 bits per heavy atom. The molecule has 98 valence electrons. The van der Waals surface area contributed by atoms with Crippen LogP contribution in [0.4, 0.5) is 0 Å². The quantitative estimate of drug-likeness (QED) is 0.650. The summed E-state index contributed by atoms with van der Waals surface area (Å²) in [4.78, 5) is 13.0. The molecule has 2 N–H and O–H groups in total. The highest BCUT2D eigenvalue weighted by Gasteiger charge is 2.08. The molecule has 2 rings (SSSR count). The van der Waals surface area contributed by atoms with Gasteiger partial charge in [-0.1, -0.05) is 30.3 Å². The molecule has 0 aliphatic carbocycles. The number of thioether (sulfide) groups is 1.